The van der Waals surface area contributed by atoms with E-state index in [0.29, 0.717) is 10.6 Å². The first-order valence-corrected chi connectivity index (χ1v) is 6.43. The molecule has 0 spiro atoms. The number of hydrogen-bond acceptors (Lipinski definition) is 4. The maximum Gasteiger partial charge on any atom is 0.435 e. The number of halogens is 3. The fourth-order valence-electron chi connectivity index (χ4n) is 1.94. The number of methoxy groups -OCH3 is 1. The summed E-state index contributed by atoms with van der Waals surface area (Å²) in [6, 6.07) is 4.45. The number of hydrogen-bond donors (Lipinski definition) is 1. The molecule has 0 atom stereocenters. The van der Waals surface area contributed by atoms with Crippen molar-refractivity contribution in [2.75, 3.05) is 14.2 Å². The zero-order valence-corrected chi connectivity index (χ0v) is 12.3. The number of carbonyl (C=O) groups excluding carboxylic acids is 1. The van der Waals surface area contributed by atoms with E-state index in [1.807, 2.05) is 0 Å². The van der Waals surface area contributed by atoms with E-state index in [4.69, 9.17) is 4.74 Å². The molecule has 0 bridgehead atoms. The van der Waals surface area contributed by atoms with Gasteiger partial charge in [0.2, 0.25) is 0 Å². The van der Waals surface area contributed by atoms with Crippen LogP contribution >= 0.6 is 0 Å². The highest BCUT2D eigenvalue weighted by Gasteiger charge is 2.45. The second kappa shape index (κ2) is 6.15. The first-order valence-electron chi connectivity index (χ1n) is 6.43. The zero-order valence-electron chi connectivity index (χ0n) is 12.3. The molecule has 1 aromatic carbocycles. The van der Waals surface area contributed by atoms with Crippen LogP contribution in [0.15, 0.2) is 41.0 Å². The number of likely N-dealkylation sites (N-methyl/N-ethyl adjacent to an activating group) is 1. The van der Waals surface area contributed by atoms with Gasteiger partial charge in [0.1, 0.15) is 0 Å². The third-order valence-electron chi connectivity index (χ3n) is 3.05. The lowest BCUT2D eigenvalue weighted by Crippen LogP contribution is -2.24. The van der Waals surface area contributed by atoms with Gasteiger partial charge in [0.05, 0.1) is 12.7 Å². The molecular formula is C15H13F3N2O3. The van der Waals surface area contributed by atoms with E-state index in [1.165, 1.54) is 31.4 Å². The van der Waals surface area contributed by atoms with Crippen molar-refractivity contribution >= 4 is 17.7 Å². The summed E-state index contributed by atoms with van der Waals surface area (Å²) >= 11 is 0. The Kier molecular flexibility index (Phi) is 4.44. The van der Waals surface area contributed by atoms with Crippen LogP contribution in [-0.4, -0.2) is 42.1 Å². The van der Waals surface area contributed by atoms with Crippen LogP contribution in [0.2, 0.25) is 0 Å². The summed E-state index contributed by atoms with van der Waals surface area (Å²) in [6.45, 7) is 0. The Bertz CT molecular complexity index is 721. The molecule has 0 fully saturated rings. The van der Waals surface area contributed by atoms with Gasteiger partial charge in [-0.25, -0.2) is 5.01 Å². The van der Waals surface area contributed by atoms with Crippen LogP contribution in [0.25, 0.3) is 6.08 Å². The smallest absolute Gasteiger partial charge is 0.435 e. The Labute approximate surface area is 130 Å². The lowest BCUT2D eigenvalue weighted by molar-refractivity contribution is -0.124. The summed E-state index contributed by atoms with van der Waals surface area (Å²) in [6.07, 6.45) is -0.868. The van der Waals surface area contributed by atoms with Gasteiger partial charge in [0.15, 0.2) is 17.2 Å². The van der Waals surface area contributed by atoms with E-state index in [1.54, 1.807) is 6.07 Å². The fraction of sp³-hybridized carbons (Fsp3) is 0.200. The first kappa shape index (κ1) is 16.6. The quantitative estimate of drug-likeness (QED) is 0.869. The van der Waals surface area contributed by atoms with E-state index >= 15 is 0 Å². The Morgan fingerprint density at radius 1 is 1.35 bits per heavy atom. The number of amides is 1. The van der Waals surface area contributed by atoms with Crippen LogP contribution in [0.1, 0.15) is 5.56 Å². The molecule has 1 amide bonds. The van der Waals surface area contributed by atoms with E-state index < -0.39 is 23.4 Å². The highest BCUT2D eigenvalue weighted by Crippen LogP contribution is 2.29. The molecule has 0 saturated heterocycles. The topological polar surface area (TPSA) is 62.1 Å². The second-order valence-corrected chi connectivity index (χ2v) is 4.65. The second-order valence-electron chi connectivity index (χ2n) is 4.65. The van der Waals surface area contributed by atoms with Gasteiger partial charge in [-0.2, -0.15) is 18.3 Å². The first-order chi connectivity index (χ1) is 10.7. The monoisotopic (exact) mass is 326 g/mol. The number of rotatable bonds is 3. The molecule has 1 aliphatic rings. The summed E-state index contributed by atoms with van der Waals surface area (Å²) in [5, 5.41) is 13.3. The summed E-state index contributed by atoms with van der Waals surface area (Å²) in [7, 11) is 2.53. The molecule has 0 aliphatic carbocycles. The average Bonchev–Trinajstić information content (AvgIpc) is 2.77. The molecule has 8 heteroatoms. The number of alkyl halides is 3. The van der Waals surface area contributed by atoms with Crippen molar-refractivity contribution in [2.24, 2.45) is 5.10 Å². The summed E-state index contributed by atoms with van der Waals surface area (Å²) in [5.41, 5.74) is -1.17. The van der Waals surface area contributed by atoms with Crippen molar-refractivity contribution in [3.63, 3.8) is 0 Å². The zero-order chi connectivity index (χ0) is 17.2. The Hall–Kier alpha value is -2.77. The highest BCUT2D eigenvalue weighted by molar-refractivity contribution is 6.26. The van der Waals surface area contributed by atoms with Crippen molar-refractivity contribution in [1.29, 1.82) is 0 Å². The van der Waals surface area contributed by atoms with Crippen molar-refractivity contribution < 1.29 is 27.8 Å². The molecule has 1 N–H and O–H groups in total. The van der Waals surface area contributed by atoms with Crippen LogP contribution < -0.4 is 4.74 Å². The normalized spacial score (nSPS) is 17.3. The fourth-order valence-corrected chi connectivity index (χ4v) is 1.94. The van der Waals surface area contributed by atoms with Gasteiger partial charge in [-0.05, 0) is 23.8 Å². The molecule has 1 aromatic rings. The Balaban J connectivity index is 2.28. The molecule has 23 heavy (non-hydrogen) atoms. The minimum Gasteiger partial charge on any atom is -0.504 e. The molecule has 1 aliphatic heterocycles. The van der Waals surface area contributed by atoms with Crippen LogP contribution in [0, 0.1) is 0 Å². The maximum absolute atomic E-state index is 12.8. The third kappa shape index (κ3) is 3.53. The third-order valence-corrected chi connectivity index (χ3v) is 3.05. The molecule has 1 heterocycles. The number of ether oxygens (including phenoxy) is 1. The summed E-state index contributed by atoms with van der Waals surface area (Å²) < 4.78 is 43.4. The number of nitrogens with zero attached hydrogens (tertiary/aromatic N) is 2. The van der Waals surface area contributed by atoms with Gasteiger partial charge in [-0.3, -0.25) is 4.79 Å². The highest BCUT2D eigenvalue weighted by atomic mass is 19.4. The predicted octanol–water partition coefficient (Wildman–Crippen LogP) is 2.73. The van der Waals surface area contributed by atoms with Gasteiger partial charge < -0.3 is 9.84 Å². The lowest BCUT2D eigenvalue weighted by Gasteiger charge is -2.04. The Morgan fingerprint density at radius 3 is 2.65 bits per heavy atom. The predicted molar refractivity (Wildman–Crippen MR) is 78.0 cm³/mol. The number of carbonyl (C=O) groups is 1. The summed E-state index contributed by atoms with van der Waals surface area (Å²) in [5.74, 6) is -0.652. The number of allylic oxidation sites excluding steroid dienone is 2. The number of phenolic OH excluding ortho intramolecular Hbond substituents is 1. The van der Waals surface area contributed by atoms with Crippen molar-refractivity contribution in [1.82, 2.24) is 5.01 Å². The lowest BCUT2D eigenvalue weighted by atomic mass is 10.1. The van der Waals surface area contributed by atoms with Crippen molar-refractivity contribution in [3.05, 3.63) is 41.5 Å². The molecule has 5 nitrogen and oxygen atoms in total. The number of hydrazone groups is 1. The van der Waals surface area contributed by atoms with Crippen molar-refractivity contribution in [3.8, 4) is 11.5 Å². The van der Waals surface area contributed by atoms with Crippen LogP contribution in [0.5, 0.6) is 11.5 Å². The molecule has 0 unspecified atom stereocenters. The number of aromatic hydroxyl groups is 1. The maximum atomic E-state index is 12.8. The molecule has 122 valence electrons. The van der Waals surface area contributed by atoms with Crippen LogP contribution in [-0.2, 0) is 4.79 Å². The van der Waals surface area contributed by atoms with Gasteiger partial charge in [-0.1, -0.05) is 18.2 Å². The molecular weight excluding hydrogens is 313 g/mol. The van der Waals surface area contributed by atoms with Gasteiger partial charge >= 0.3 is 6.18 Å². The number of benzene rings is 1. The standard InChI is InChI=1S/C15H13F3N2O3/c1-20-14(22)10(13(19-20)15(16,17)18)5-3-4-9-6-7-11(21)12(8-9)23-2/h3-8,21H,1-2H3/b4-3-,10-5-. The average molecular weight is 326 g/mol. The molecule has 0 radical (unpaired) electrons. The van der Waals surface area contributed by atoms with E-state index in [2.05, 4.69) is 5.10 Å². The molecule has 0 aromatic heterocycles. The van der Waals surface area contributed by atoms with Crippen molar-refractivity contribution in [2.45, 2.75) is 6.18 Å². The van der Waals surface area contributed by atoms with Crippen LogP contribution in [0.4, 0.5) is 13.2 Å². The minimum atomic E-state index is -4.71. The minimum absolute atomic E-state index is 0.0536. The Morgan fingerprint density at radius 2 is 2.04 bits per heavy atom. The van der Waals surface area contributed by atoms with E-state index in [9.17, 15) is 23.1 Å². The van der Waals surface area contributed by atoms with E-state index in [0.717, 1.165) is 13.1 Å². The largest absolute Gasteiger partial charge is 0.504 e. The SMILES string of the molecule is COc1cc(/C=C\C=C2/C(=O)N(C)N=C2C(F)(F)F)ccc1O. The van der Waals surface area contributed by atoms with Crippen LogP contribution in [0.3, 0.4) is 0 Å². The van der Waals surface area contributed by atoms with Gasteiger partial charge in [0.25, 0.3) is 5.91 Å². The van der Waals surface area contributed by atoms with Gasteiger partial charge in [0, 0.05) is 7.05 Å². The number of phenols is 1. The molecule has 2 rings (SSSR count). The van der Waals surface area contributed by atoms with E-state index in [-0.39, 0.29) is 11.5 Å². The van der Waals surface area contributed by atoms with Gasteiger partial charge in [-0.15, -0.1) is 0 Å². The summed E-state index contributed by atoms with van der Waals surface area (Å²) in [4.78, 5) is 11.7. The molecule has 0 saturated carbocycles.